The van der Waals surface area contributed by atoms with E-state index >= 15 is 0 Å². The molecule has 4 nitrogen and oxygen atoms in total. The van der Waals surface area contributed by atoms with Gasteiger partial charge >= 0.3 is 0 Å². The van der Waals surface area contributed by atoms with Gasteiger partial charge in [-0.05, 0) is 6.07 Å². The molecule has 0 aliphatic heterocycles. The molecule has 0 fully saturated rings. The van der Waals surface area contributed by atoms with Crippen molar-refractivity contribution in [3.05, 3.63) is 18.5 Å². The van der Waals surface area contributed by atoms with Crippen molar-refractivity contribution in [2.24, 2.45) is 0 Å². The van der Waals surface area contributed by atoms with Gasteiger partial charge in [-0.2, -0.15) is 0 Å². The zero-order valence-corrected chi connectivity index (χ0v) is 6.59. The van der Waals surface area contributed by atoms with Gasteiger partial charge < -0.3 is 10.2 Å². The van der Waals surface area contributed by atoms with Crippen molar-refractivity contribution in [1.82, 2.24) is 10.4 Å². The Kier molecular flexibility index (Phi) is 2.68. The molecule has 0 spiro atoms. The monoisotopic (exact) mass is 153 g/mol. The van der Waals surface area contributed by atoms with Gasteiger partial charge in [0.25, 0.3) is 0 Å². The summed E-state index contributed by atoms with van der Waals surface area (Å²) in [6, 6.07) is 1.83. The van der Waals surface area contributed by atoms with Crippen LogP contribution in [0.25, 0.3) is 0 Å². The topological polar surface area (TPSA) is 46.2 Å². The van der Waals surface area contributed by atoms with Crippen molar-refractivity contribution < 1.29 is 4.74 Å². The van der Waals surface area contributed by atoms with Crippen molar-refractivity contribution in [1.29, 1.82) is 0 Å². The maximum atomic E-state index is 5.03. The molecule has 1 rings (SSSR count). The molecule has 1 aromatic heterocycles. The normalized spacial score (nSPS) is 9.27. The fourth-order valence-electron chi connectivity index (χ4n) is 0.781. The second kappa shape index (κ2) is 3.78. The van der Waals surface area contributed by atoms with Crippen molar-refractivity contribution in [2.75, 3.05) is 19.6 Å². The van der Waals surface area contributed by atoms with E-state index in [1.807, 2.05) is 6.07 Å². The summed E-state index contributed by atoms with van der Waals surface area (Å²) >= 11 is 0. The molecule has 1 heterocycles. The number of aromatic nitrogens is 1. The quantitative estimate of drug-likeness (QED) is 0.625. The molecule has 4 heteroatoms. The molecule has 0 radical (unpaired) electrons. The van der Waals surface area contributed by atoms with E-state index in [0.29, 0.717) is 0 Å². The van der Waals surface area contributed by atoms with Crippen molar-refractivity contribution in [3.8, 4) is 5.75 Å². The van der Waals surface area contributed by atoms with E-state index in [9.17, 15) is 0 Å². The summed E-state index contributed by atoms with van der Waals surface area (Å²) in [5.41, 5.74) is 6.59. The van der Waals surface area contributed by atoms with Crippen LogP contribution in [0.4, 0.5) is 5.69 Å². The molecule has 2 N–H and O–H groups in total. The number of rotatable bonds is 3. The lowest BCUT2D eigenvalue weighted by molar-refractivity contribution is 0.414. The summed E-state index contributed by atoms with van der Waals surface area (Å²) in [5, 5.41) is 0. The van der Waals surface area contributed by atoms with Crippen LogP contribution in [0.1, 0.15) is 0 Å². The SMILES string of the molecule is CNNc1ccncc1OC. The predicted octanol–water partition coefficient (Wildman–Crippen LogP) is 0.636. The van der Waals surface area contributed by atoms with Gasteiger partial charge in [0.05, 0.1) is 19.0 Å². The second-order valence-corrected chi connectivity index (χ2v) is 1.95. The van der Waals surface area contributed by atoms with Crippen LogP contribution in [-0.2, 0) is 0 Å². The third kappa shape index (κ3) is 1.81. The number of hydrogen-bond donors (Lipinski definition) is 2. The van der Waals surface area contributed by atoms with E-state index in [1.54, 1.807) is 26.6 Å². The Bertz CT molecular complexity index is 227. The van der Waals surface area contributed by atoms with Gasteiger partial charge in [0, 0.05) is 13.2 Å². The maximum Gasteiger partial charge on any atom is 0.161 e. The summed E-state index contributed by atoms with van der Waals surface area (Å²) in [4.78, 5) is 3.91. The highest BCUT2D eigenvalue weighted by atomic mass is 16.5. The van der Waals surface area contributed by atoms with Crippen molar-refractivity contribution in [3.63, 3.8) is 0 Å². The molecule has 0 saturated heterocycles. The lowest BCUT2D eigenvalue weighted by atomic mass is 10.4. The Labute approximate surface area is 65.6 Å². The van der Waals surface area contributed by atoms with Crippen LogP contribution in [0.5, 0.6) is 5.75 Å². The van der Waals surface area contributed by atoms with Gasteiger partial charge in [-0.3, -0.25) is 4.98 Å². The molecule has 0 aromatic carbocycles. The van der Waals surface area contributed by atoms with Gasteiger partial charge in [-0.15, -0.1) is 0 Å². The smallest absolute Gasteiger partial charge is 0.161 e. The molecule has 60 valence electrons. The van der Waals surface area contributed by atoms with Crippen LogP contribution < -0.4 is 15.6 Å². The van der Waals surface area contributed by atoms with Gasteiger partial charge in [-0.25, -0.2) is 5.43 Å². The van der Waals surface area contributed by atoms with Crippen LogP contribution in [-0.4, -0.2) is 19.1 Å². The number of pyridine rings is 1. The molecule has 0 aliphatic rings. The average molecular weight is 153 g/mol. The first kappa shape index (κ1) is 7.81. The van der Waals surface area contributed by atoms with Crippen LogP contribution in [0.2, 0.25) is 0 Å². The fraction of sp³-hybridized carbons (Fsp3) is 0.286. The number of methoxy groups -OCH3 is 1. The van der Waals surface area contributed by atoms with E-state index in [4.69, 9.17) is 4.74 Å². The zero-order chi connectivity index (χ0) is 8.10. The van der Waals surface area contributed by atoms with Gasteiger partial charge in [0.2, 0.25) is 0 Å². The maximum absolute atomic E-state index is 5.03. The van der Waals surface area contributed by atoms with E-state index in [1.165, 1.54) is 0 Å². The number of hydrazine groups is 1. The Morgan fingerprint density at radius 3 is 3.00 bits per heavy atom. The largest absolute Gasteiger partial charge is 0.493 e. The van der Waals surface area contributed by atoms with Gasteiger partial charge in [0.1, 0.15) is 0 Å². The summed E-state index contributed by atoms with van der Waals surface area (Å²) in [6.45, 7) is 0. The van der Waals surface area contributed by atoms with Crippen molar-refractivity contribution >= 4 is 5.69 Å². The van der Waals surface area contributed by atoms with E-state index in [2.05, 4.69) is 15.8 Å². The molecular weight excluding hydrogens is 142 g/mol. The summed E-state index contributed by atoms with van der Waals surface area (Å²) in [7, 11) is 3.40. The first-order valence-corrected chi connectivity index (χ1v) is 3.29. The standard InChI is InChI=1S/C7H11N3O/c1-8-10-6-3-4-9-5-7(6)11-2/h3-5,8H,1-2H3,(H,9,10). The number of nitrogens with one attached hydrogen (secondary N) is 2. The molecule has 0 unspecified atom stereocenters. The van der Waals surface area contributed by atoms with Crippen LogP contribution in [0.3, 0.4) is 0 Å². The number of anilines is 1. The Hall–Kier alpha value is -1.29. The number of ether oxygens (including phenoxy) is 1. The van der Waals surface area contributed by atoms with E-state index in [-0.39, 0.29) is 0 Å². The van der Waals surface area contributed by atoms with Crippen LogP contribution >= 0.6 is 0 Å². The van der Waals surface area contributed by atoms with Crippen LogP contribution in [0, 0.1) is 0 Å². The molecular formula is C7H11N3O. The molecule has 1 aromatic rings. The molecule has 0 aliphatic carbocycles. The first-order valence-electron chi connectivity index (χ1n) is 3.29. The van der Waals surface area contributed by atoms with E-state index in [0.717, 1.165) is 11.4 Å². The highest BCUT2D eigenvalue weighted by molar-refractivity contribution is 5.53. The lowest BCUT2D eigenvalue weighted by Gasteiger charge is -2.07. The Morgan fingerprint density at radius 2 is 2.36 bits per heavy atom. The predicted molar refractivity (Wildman–Crippen MR) is 43.5 cm³/mol. The molecule has 11 heavy (non-hydrogen) atoms. The zero-order valence-electron chi connectivity index (χ0n) is 6.59. The summed E-state index contributed by atoms with van der Waals surface area (Å²) < 4.78 is 5.03. The minimum atomic E-state index is 0.724. The third-order valence-corrected chi connectivity index (χ3v) is 1.26. The van der Waals surface area contributed by atoms with Crippen LogP contribution in [0.15, 0.2) is 18.5 Å². The highest BCUT2D eigenvalue weighted by Crippen LogP contribution is 2.19. The molecule has 0 atom stereocenters. The first-order chi connectivity index (χ1) is 5.38. The molecule has 0 saturated carbocycles. The Morgan fingerprint density at radius 1 is 1.55 bits per heavy atom. The summed E-state index contributed by atoms with van der Waals surface area (Å²) in [5.74, 6) is 0.724. The molecule has 0 amide bonds. The number of hydrogen-bond acceptors (Lipinski definition) is 4. The second-order valence-electron chi connectivity index (χ2n) is 1.95. The fourth-order valence-corrected chi connectivity index (χ4v) is 0.781. The van der Waals surface area contributed by atoms with Gasteiger partial charge in [-0.1, -0.05) is 0 Å². The third-order valence-electron chi connectivity index (χ3n) is 1.26. The van der Waals surface area contributed by atoms with Crippen molar-refractivity contribution in [2.45, 2.75) is 0 Å². The minimum Gasteiger partial charge on any atom is -0.493 e. The highest BCUT2D eigenvalue weighted by Gasteiger charge is 1.97. The minimum absolute atomic E-state index is 0.724. The lowest BCUT2D eigenvalue weighted by Crippen LogP contribution is -2.15. The Balaban J connectivity index is 2.83. The number of nitrogens with zero attached hydrogens (tertiary/aromatic N) is 1. The average Bonchev–Trinajstić information content (AvgIpc) is 2.06. The van der Waals surface area contributed by atoms with Gasteiger partial charge in [0.15, 0.2) is 5.75 Å². The molecule has 0 bridgehead atoms. The van der Waals surface area contributed by atoms with E-state index < -0.39 is 0 Å². The summed E-state index contributed by atoms with van der Waals surface area (Å²) in [6.07, 6.45) is 3.35.